The molecule has 1 heterocycles. The number of carbonyl (C=O) groups excluding carboxylic acids is 2. The van der Waals surface area contributed by atoms with Crippen LogP contribution in [0.1, 0.15) is 43.5 Å². The average molecular weight is 320 g/mol. The predicted molar refractivity (Wildman–Crippen MR) is 81.6 cm³/mol. The van der Waals surface area contributed by atoms with Crippen molar-refractivity contribution in [1.82, 2.24) is 4.98 Å². The molecule has 1 aromatic heterocycles. The van der Waals surface area contributed by atoms with E-state index in [1.165, 1.54) is 0 Å². The summed E-state index contributed by atoms with van der Waals surface area (Å²) in [6, 6.07) is 5.13. The number of benzene rings is 1. The highest BCUT2D eigenvalue weighted by Gasteiger charge is 2.44. The van der Waals surface area contributed by atoms with E-state index in [2.05, 4.69) is 4.98 Å². The number of carbonyl (C=O) groups is 2. The van der Waals surface area contributed by atoms with Gasteiger partial charge in [0.25, 0.3) is 0 Å². The van der Waals surface area contributed by atoms with Crippen molar-refractivity contribution in [2.24, 2.45) is 0 Å². The third-order valence-corrected chi connectivity index (χ3v) is 4.86. The van der Waals surface area contributed by atoms with Gasteiger partial charge in [0.1, 0.15) is 5.92 Å². The molecule has 0 unspecified atom stereocenters. The lowest BCUT2D eigenvalue weighted by Gasteiger charge is -2.10. The summed E-state index contributed by atoms with van der Waals surface area (Å²) in [4.78, 5) is 29.4. The molecule has 0 saturated carbocycles. The Morgan fingerprint density at radius 1 is 0.952 bits per heavy atom. The highest BCUT2D eigenvalue weighted by Crippen LogP contribution is 2.43. The molecule has 0 saturated heterocycles. The lowest BCUT2D eigenvalue weighted by Crippen LogP contribution is -2.14. The topological polar surface area (TPSA) is 47.0 Å². The van der Waals surface area contributed by atoms with Crippen LogP contribution in [0.25, 0.3) is 0 Å². The summed E-state index contributed by atoms with van der Waals surface area (Å²) in [5.74, 6) is -1.61. The van der Waals surface area contributed by atoms with Crippen molar-refractivity contribution in [3.8, 4) is 0 Å². The maximum atomic E-state index is 12.6. The highest BCUT2D eigenvalue weighted by atomic mass is 35.5. The van der Waals surface area contributed by atoms with Gasteiger partial charge in [-0.2, -0.15) is 0 Å². The number of nitrogens with zero attached hydrogens (tertiary/aromatic N) is 1. The van der Waals surface area contributed by atoms with E-state index in [-0.39, 0.29) is 22.7 Å². The maximum Gasteiger partial charge on any atom is 0.182 e. The molecular formula is C16H11Cl2NO2. The molecule has 1 aliphatic rings. The Kier molecular flexibility index (Phi) is 3.34. The summed E-state index contributed by atoms with van der Waals surface area (Å²) >= 11 is 12.6. The number of pyridine rings is 1. The fraction of sp³-hybridized carbons (Fsp3) is 0.188. The first kappa shape index (κ1) is 14.2. The molecule has 1 aromatic carbocycles. The lowest BCUT2D eigenvalue weighted by atomic mass is 9.99. The summed E-state index contributed by atoms with van der Waals surface area (Å²) in [6.45, 7) is 3.57. The van der Waals surface area contributed by atoms with Crippen molar-refractivity contribution in [2.75, 3.05) is 0 Å². The predicted octanol–water partition coefficient (Wildman–Crippen LogP) is 4.17. The third-order valence-electron chi connectivity index (χ3n) is 3.91. The van der Waals surface area contributed by atoms with Crippen molar-refractivity contribution >= 4 is 34.8 Å². The summed E-state index contributed by atoms with van der Waals surface area (Å²) in [5, 5.41) is 0.618. The second-order valence-electron chi connectivity index (χ2n) is 5.04. The molecule has 0 atom stereocenters. The van der Waals surface area contributed by atoms with E-state index < -0.39 is 5.92 Å². The van der Waals surface area contributed by atoms with Crippen LogP contribution in [0.5, 0.6) is 0 Å². The SMILES string of the molecule is Cc1c(C)c(Cl)c2c(c1Cl)C(=O)C(c1ccccn1)C2=O. The summed E-state index contributed by atoms with van der Waals surface area (Å²) < 4.78 is 0. The molecule has 3 rings (SSSR count). The van der Waals surface area contributed by atoms with Gasteiger partial charge in [0.2, 0.25) is 0 Å². The van der Waals surface area contributed by atoms with Crippen LogP contribution in [0.3, 0.4) is 0 Å². The van der Waals surface area contributed by atoms with Crippen LogP contribution in [-0.2, 0) is 0 Å². The Balaban J connectivity index is 2.27. The van der Waals surface area contributed by atoms with Gasteiger partial charge in [-0.25, -0.2) is 0 Å². The molecule has 1 aliphatic carbocycles. The molecule has 21 heavy (non-hydrogen) atoms. The molecule has 5 heteroatoms. The first-order valence-electron chi connectivity index (χ1n) is 6.42. The molecule has 3 nitrogen and oxygen atoms in total. The Labute approximate surface area is 131 Å². The van der Waals surface area contributed by atoms with Gasteiger partial charge in [-0.3, -0.25) is 14.6 Å². The van der Waals surface area contributed by atoms with Crippen molar-refractivity contribution in [3.05, 3.63) is 62.4 Å². The van der Waals surface area contributed by atoms with E-state index in [1.807, 2.05) is 0 Å². The Bertz CT molecular complexity index is 738. The largest absolute Gasteiger partial charge is 0.293 e. The molecule has 2 aromatic rings. The van der Waals surface area contributed by atoms with Crippen molar-refractivity contribution in [3.63, 3.8) is 0 Å². The molecule has 106 valence electrons. The minimum absolute atomic E-state index is 0.227. The number of fused-ring (bicyclic) bond motifs is 1. The Morgan fingerprint density at radius 3 is 1.90 bits per heavy atom. The van der Waals surface area contributed by atoms with Crippen LogP contribution in [0.15, 0.2) is 24.4 Å². The fourth-order valence-electron chi connectivity index (χ4n) is 2.61. The van der Waals surface area contributed by atoms with Gasteiger partial charge >= 0.3 is 0 Å². The van der Waals surface area contributed by atoms with Crippen LogP contribution < -0.4 is 0 Å². The molecule has 0 bridgehead atoms. The average Bonchev–Trinajstić information content (AvgIpc) is 2.75. The van der Waals surface area contributed by atoms with E-state index in [0.717, 1.165) is 11.1 Å². The van der Waals surface area contributed by atoms with E-state index >= 15 is 0 Å². The van der Waals surface area contributed by atoms with Gasteiger partial charge in [-0.15, -0.1) is 0 Å². The van der Waals surface area contributed by atoms with E-state index in [0.29, 0.717) is 15.7 Å². The van der Waals surface area contributed by atoms with Crippen molar-refractivity contribution < 1.29 is 9.59 Å². The number of halogens is 2. The van der Waals surface area contributed by atoms with Gasteiger partial charge in [0.15, 0.2) is 11.6 Å². The molecule has 0 aliphatic heterocycles. The normalized spacial score (nSPS) is 14.7. The van der Waals surface area contributed by atoms with E-state index in [4.69, 9.17) is 23.2 Å². The van der Waals surface area contributed by atoms with E-state index in [1.54, 1.807) is 38.2 Å². The molecule has 0 radical (unpaired) electrons. The number of hydrogen-bond acceptors (Lipinski definition) is 3. The van der Waals surface area contributed by atoms with Gasteiger partial charge in [0, 0.05) is 6.20 Å². The van der Waals surface area contributed by atoms with E-state index in [9.17, 15) is 9.59 Å². The Morgan fingerprint density at radius 2 is 1.48 bits per heavy atom. The van der Waals surface area contributed by atoms with Gasteiger partial charge in [0.05, 0.1) is 26.9 Å². The maximum absolute atomic E-state index is 12.6. The standard InChI is InChI=1S/C16H11Cl2NO2/c1-7-8(2)14(18)12-11(13(7)17)15(20)10(16(12)21)9-5-3-4-6-19-9/h3-6,10H,1-2H3. The smallest absolute Gasteiger partial charge is 0.182 e. The number of rotatable bonds is 1. The fourth-order valence-corrected chi connectivity index (χ4v) is 3.27. The van der Waals surface area contributed by atoms with Gasteiger partial charge in [-0.1, -0.05) is 29.3 Å². The number of Topliss-reactive ketones (excluding diaryl/α,β-unsaturated/α-hetero) is 2. The lowest BCUT2D eigenvalue weighted by molar-refractivity contribution is 0.0888. The van der Waals surface area contributed by atoms with Gasteiger partial charge in [-0.05, 0) is 37.1 Å². The minimum Gasteiger partial charge on any atom is -0.293 e. The summed E-state index contributed by atoms with van der Waals surface area (Å²) in [5.41, 5.74) is 2.33. The monoisotopic (exact) mass is 319 g/mol. The van der Waals surface area contributed by atoms with Crippen LogP contribution in [0, 0.1) is 13.8 Å². The minimum atomic E-state index is -0.947. The van der Waals surface area contributed by atoms with Crippen LogP contribution in [-0.4, -0.2) is 16.6 Å². The molecule has 0 amide bonds. The molecular weight excluding hydrogens is 309 g/mol. The number of aromatic nitrogens is 1. The van der Waals surface area contributed by atoms with Gasteiger partial charge < -0.3 is 0 Å². The molecule has 0 fully saturated rings. The second-order valence-corrected chi connectivity index (χ2v) is 5.80. The van der Waals surface area contributed by atoms with Crippen molar-refractivity contribution in [1.29, 1.82) is 0 Å². The zero-order valence-corrected chi connectivity index (χ0v) is 12.9. The van der Waals surface area contributed by atoms with Crippen molar-refractivity contribution in [2.45, 2.75) is 19.8 Å². The quantitative estimate of drug-likeness (QED) is 0.741. The Hall–Kier alpha value is -1.71. The van der Waals surface area contributed by atoms with Crippen LogP contribution >= 0.6 is 23.2 Å². The number of hydrogen-bond donors (Lipinski definition) is 0. The first-order valence-corrected chi connectivity index (χ1v) is 7.18. The zero-order chi connectivity index (χ0) is 15.3. The third kappa shape index (κ3) is 1.92. The first-order chi connectivity index (χ1) is 9.95. The molecule has 0 spiro atoms. The summed E-state index contributed by atoms with van der Waals surface area (Å²) in [7, 11) is 0. The van der Waals surface area contributed by atoms with Crippen LogP contribution in [0.4, 0.5) is 0 Å². The molecule has 0 N–H and O–H groups in total. The second kappa shape index (κ2) is 4.93. The summed E-state index contributed by atoms with van der Waals surface area (Å²) in [6.07, 6.45) is 1.55. The number of ketones is 2. The zero-order valence-electron chi connectivity index (χ0n) is 11.4. The highest BCUT2D eigenvalue weighted by molar-refractivity contribution is 6.45. The van der Waals surface area contributed by atoms with Crippen LogP contribution in [0.2, 0.25) is 10.0 Å².